The molecule has 0 atom stereocenters. The standard InChI is InChI=1S/C13H14N2O3/c1-16-11-6-9(10-4-5-14-8-15-10)7-12(17-2)13(11)18-3/h4-8H,1-3H3. The highest BCUT2D eigenvalue weighted by atomic mass is 16.5. The summed E-state index contributed by atoms with van der Waals surface area (Å²) in [6.45, 7) is 0. The average Bonchev–Trinajstić information content (AvgIpc) is 2.46. The van der Waals surface area contributed by atoms with Gasteiger partial charge in [0.2, 0.25) is 5.75 Å². The van der Waals surface area contributed by atoms with Crippen molar-refractivity contribution in [3.8, 4) is 28.5 Å². The fourth-order valence-corrected chi connectivity index (χ4v) is 1.69. The van der Waals surface area contributed by atoms with Gasteiger partial charge >= 0.3 is 0 Å². The van der Waals surface area contributed by atoms with E-state index < -0.39 is 0 Å². The Morgan fingerprint density at radius 2 is 1.61 bits per heavy atom. The third-order valence-corrected chi connectivity index (χ3v) is 2.54. The summed E-state index contributed by atoms with van der Waals surface area (Å²) in [5.41, 5.74) is 1.68. The Morgan fingerprint density at radius 3 is 2.06 bits per heavy atom. The number of benzene rings is 1. The maximum absolute atomic E-state index is 5.29. The molecule has 0 fully saturated rings. The van der Waals surface area contributed by atoms with Crippen molar-refractivity contribution in [1.82, 2.24) is 9.97 Å². The van der Waals surface area contributed by atoms with E-state index in [4.69, 9.17) is 14.2 Å². The summed E-state index contributed by atoms with van der Waals surface area (Å²) in [6.07, 6.45) is 3.18. The molecule has 94 valence electrons. The second kappa shape index (κ2) is 5.35. The van der Waals surface area contributed by atoms with Gasteiger partial charge in [0.1, 0.15) is 6.33 Å². The van der Waals surface area contributed by atoms with Gasteiger partial charge < -0.3 is 14.2 Å². The van der Waals surface area contributed by atoms with E-state index in [1.54, 1.807) is 27.5 Å². The predicted octanol–water partition coefficient (Wildman–Crippen LogP) is 2.17. The molecule has 0 bridgehead atoms. The van der Waals surface area contributed by atoms with Gasteiger partial charge in [-0.2, -0.15) is 0 Å². The highest BCUT2D eigenvalue weighted by Crippen LogP contribution is 2.40. The van der Waals surface area contributed by atoms with Crippen LogP contribution in [0, 0.1) is 0 Å². The van der Waals surface area contributed by atoms with E-state index in [0.717, 1.165) is 11.3 Å². The fraction of sp³-hybridized carbons (Fsp3) is 0.231. The number of nitrogens with zero attached hydrogens (tertiary/aromatic N) is 2. The minimum atomic E-state index is 0.567. The number of aromatic nitrogens is 2. The van der Waals surface area contributed by atoms with Crippen LogP contribution in [0.15, 0.2) is 30.7 Å². The number of hydrogen-bond donors (Lipinski definition) is 0. The van der Waals surface area contributed by atoms with Crippen LogP contribution >= 0.6 is 0 Å². The lowest BCUT2D eigenvalue weighted by molar-refractivity contribution is 0.324. The highest BCUT2D eigenvalue weighted by molar-refractivity contribution is 5.68. The van der Waals surface area contributed by atoms with Crippen molar-refractivity contribution >= 4 is 0 Å². The minimum Gasteiger partial charge on any atom is -0.493 e. The van der Waals surface area contributed by atoms with Crippen molar-refractivity contribution in [3.63, 3.8) is 0 Å². The van der Waals surface area contributed by atoms with E-state index in [1.165, 1.54) is 6.33 Å². The van der Waals surface area contributed by atoms with Gasteiger partial charge in [0.15, 0.2) is 11.5 Å². The number of hydrogen-bond acceptors (Lipinski definition) is 5. The first kappa shape index (κ1) is 12.2. The van der Waals surface area contributed by atoms with E-state index in [-0.39, 0.29) is 0 Å². The Hall–Kier alpha value is -2.30. The first-order valence-corrected chi connectivity index (χ1v) is 5.36. The summed E-state index contributed by atoms with van der Waals surface area (Å²) in [5, 5.41) is 0. The van der Waals surface area contributed by atoms with Crippen LogP contribution in [0.3, 0.4) is 0 Å². The van der Waals surface area contributed by atoms with Crippen LogP contribution in [0.1, 0.15) is 0 Å². The zero-order valence-electron chi connectivity index (χ0n) is 10.5. The first-order valence-electron chi connectivity index (χ1n) is 5.36. The maximum atomic E-state index is 5.29. The third kappa shape index (κ3) is 2.20. The van der Waals surface area contributed by atoms with Gasteiger partial charge in [0.05, 0.1) is 27.0 Å². The summed E-state index contributed by atoms with van der Waals surface area (Å²) >= 11 is 0. The molecule has 1 heterocycles. The molecule has 5 heteroatoms. The number of methoxy groups -OCH3 is 3. The van der Waals surface area contributed by atoms with Crippen LogP contribution in [0.5, 0.6) is 17.2 Å². The van der Waals surface area contributed by atoms with Crippen molar-refractivity contribution < 1.29 is 14.2 Å². The molecule has 18 heavy (non-hydrogen) atoms. The smallest absolute Gasteiger partial charge is 0.203 e. The fourth-order valence-electron chi connectivity index (χ4n) is 1.69. The van der Waals surface area contributed by atoms with E-state index in [9.17, 15) is 0 Å². The highest BCUT2D eigenvalue weighted by Gasteiger charge is 2.14. The van der Waals surface area contributed by atoms with E-state index in [1.807, 2.05) is 18.2 Å². The molecule has 2 aromatic rings. The monoisotopic (exact) mass is 246 g/mol. The van der Waals surface area contributed by atoms with Crippen LogP contribution in [0.4, 0.5) is 0 Å². The minimum absolute atomic E-state index is 0.567. The summed E-state index contributed by atoms with van der Waals surface area (Å²) in [7, 11) is 4.74. The molecule has 5 nitrogen and oxygen atoms in total. The predicted molar refractivity (Wildman–Crippen MR) is 67.1 cm³/mol. The van der Waals surface area contributed by atoms with Gasteiger partial charge in [-0.05, 0) is 18.2 Å². The molecule has 0 unspecified atom stereocenters. The quantitative estimate of drug-likeness (QED) is 0.827. The second-order valence-corrected chi connectivity index (χ2v) is 3.51. The Bertz CT molecular complexity index is 504. The van der Waals surface area contributed by atoms with Crippen LogP contribution in [0.2, 0.25) is 0 Å². The molecule has 1 aromatic carbocycles. The summed E-state index contributed by atoms with van der Waals surface area (Å²) < 4.78 is 15.9. The van der Waals surface area contributed by atoms with Gasteiger partial charge in [0.25, 0.3) is 0 Å². The molecule has 0 amide bonds. The van der Waals surface area contributed by atoms with Crippen molar-refractivity contribution in [2.45, 2.75) is 0 Å². The summed E-state index contributed by atoms with van der Waals surface area (Å²) in [6, 6.07) is 5.52. The third-order valence-electron chi connectivity index (χ3n) is 2.54. The lowest BCUT2D eigenvalue weighted by Gasteiger charge is -2.13. The van der Waals surface area contributed by atoms with Gasteiger partial charge in [0, 0.05) is 11.8 Å². The lowest BCUT2D eigenvalue weighted by atomic mass is 10.1. The Morgan fingerprint density at radius 1 is 0.944 bits per heavy atom. The Labute approximate surface area is 105 Å². The van der Waals surface area contributed by atoms with Gasteiger partial charge in [-0.3, -0.25) is 0 Å². The number of rotatable bonds is 4. The first-order chi connectivity index (χ1) is 8.80. The molecule has 0 radical (unpaired) electrons. The molecule has 0 aliphatic heterocycles. The SMILES string of the molecule is COc1cc(-c2ccncn2)cc(OC)c1OC. The van der Waals surface area contributed by atoms with Gasteiger partial charge in [-0.15, -0.1) is 0 Å². The second-order valence-electron chi connectivity index (χ2n) is 3.51. The molecule has 1 aromatic heterocycles. The van der Waals surface area contributed by atoms with E-state index in [0.29, 0.717) is 17.2 Å². The molecular formula is C13H14N2O3. The van der Waals surface area contributed by atoms with Crippen molar-refractivity contribution in [1.29, 1.82) is 0 Å². The summed E-state index contributed by atoms with van der Waals surface area (Å²) in [5.74, 6) is 1.77. The lowest BCUT2D eigenvalue weighted by Crippen LogP contribution is -1.96. The Kier molecular flexibility index (Phi) is 3.62. The molecule has 0 spiro atoms. The topological polar surface area (TPSA) is 53.5 Å². The Balaban J connectivity index is 2.57. The molecule has 0 saturated carbocycles. The molecule has 0 saturated heterocycles. The van der Waals surface area contributed by atoms with Gasteiger partial charge in [-0.25, -0.2) is 9.97 Å². The summed E-state index contributed by atoms with van der Waals surface area (Å²) in [4.78, 5) is 8.08. The molecule has 0 N–H and O–H groups in total. The van der Waals surface area contributed by atoms with Gasteiger partial charge in [-0.1, -0.05) is 0 Å². The molecule has 2 rings (SSSR count). The molecular weight excluding hydrogens is 232 g/mol. The maximum Gasteiger partial charge on any atom is 0.203 e. The van der Waals surface area contributed by atoms with E-state index in [2.05, 4.69) is 9.97 Å². The zero-order chi connectivity index (χ0) is 13.0. The van der Waals surface area contributed by atoms with Crippen molar-refractivity contribution in [2.75, 3.05) is 21.3 Å². The van der Waals surface area contributed by atoms with Crippen LogP contribution < -0.4 is 14.2 Å². The normalized spacial score (nSPS) is 9.94. The van der Waals surface area contributed by atoms with E-state index >= 15 is 0 Å². The van der Waals surface area contributed by atoms with Crippen molar-refractivity contribution in [3.05, 3.63) is 30.7 Å². The van der Waals surface area contributed by atoms with Crippen LogP contribution in [-0.2, 0) is 0 Å². The zero-order valence-corrected chi connectivity index (χ0v) is 10.5. The molecule has 0 aliphatic rings. The largest absolute Gasteiger partial charge is 0.493 e. The number of ether oxygens (including phenoxy) is 3. The van der Waals surface area contributed by atoms with Crippen LogP contribution in [0.25, 0.3) is 11.3 Å². The van der Waals surface area contributed by atoms with Crippen molar-refractivity contribution in [2.24, 2.45) is 0 Å². The molecule has 0 aliphatic carbocycles. The average molecular weight is 246 g/mol. The van der Waals surface area contributed by atoms with Crippen LogP contribution in [-0.4, -0.2) is 31.3 Å².